The number of nitrogens with two attached hydrogens (primary N) is 4. The fraction of sp³-hybridized carbons (Fsp3) is 0.361. The average Bonchev–Trinajstić information content (AvgIpc) is 3.12. The monoisotopic (exact) mass is 733 g/mol. The summed E-state index contributed by atoms with van der Waals surface area (Å²) in [5, 5.41) is 25.1. The van der Waals surface area contributed by atoms with E-state index in [1.807, 2.05) is 42.5 Å². The Labute approximate surface area is 309 Å². The molecule has 1 saturated heterocycles. The van der Waals surface area contributed by atoms with Crippen LogP contribution >= 0.6 is 0 Å². The van der Waals surface area contributed by atoms with Gasteiger partial charge in [-0.2, -0.15) is 0 Å². The summed E-state index contributed by atoms with van der Waals surface area (Å²) in [5.41, 5.74) is 23.2. The highest BCUT2D eigenvalue weighted by molar-refractivity contribution is 5.97. The van der Waals surface area contributed by atoms with Crippen LogP contribution in [-0.4, -0.2) is 90.4 Å². The number of carbonyl (C=O) groups excluding carboxylic acids is 5. The number of aliphatic imine (C=N–C) groups is 2. The molecule has 14 N–H and O–H groups in total. The van der Waals surface area contributed by atoms with Crippen LogP contribution in [0.2, 0.25) is 0 Å². The number of hydrogen-bond donors (Lipinski definition) is 10. The third-order valence-electron chi connectivity index (χ3n) is 8.49. The zero-order valence-electron chi connectivity index (χ0n) is 29.2. The molecule has 286 valence electrons. The van der Waals surface area contributed by atoms with Crippen LogP contribution in [0.25, 0.3) is 10.8 Å². The second-order valence-corrected chi connectivity index (χ2v) is 12.7. The highest BCUT2D eigenvalue weighted by atomic mass is 16.3. The van der Waals surface area contributed by atoms with Crippen molar-refractivity contribution in [3.05, 3.63) is 77.9 Å². The maximum absolute atomic E-state index is 13.9. The van der Waals surface area contributed by atoms with Gasteiger partial charge in [0.1, 0.15) is 29.9 Å². The number of hydrogen-bond acceptors (Lipinski definition) is 8. The van der Waals surface area contributed by atoms with Crippen molar-refractivity contribution in [2.24, 2.45) is 32.9 Å². The van der Waals surface area contributed by atoms with Gasteiger partial charge in [0.15, 0.2) is 11.9 Å². The van der Waals surface area contributed by atoms with E-state index in [0.717, 1.165) is 16.3 Å². The molecule has 4 atom stereocenters. The van der Waals surface area contributed by atoms with E-state index in [0.29, 0.717) is 5.56 Å². The zero-order chi connectivity index (χ0) is 38.3. The van der Waals surface area contributed by atoms with Crippen molar-refractivity contribution in [1.29, 1.82) is 0 Å². The van der Waals surface area contributed by atoms with Gasteiger partial charge in [-0.3, -0.25) is 34.0 Å². The molecule has 53 heavy (non-hydrogen) atoms. The second kappa shape index (κ2) is 19.3. The van der Waals surface area contributed by atoms with E-state index in [1.54, 1.807) is 12.1 Å². The summed E-state index contributed by atoms with van der Waals surface area (Å²) in [4.78, 5) is 76.4. The molecule has 5 amide bonds. The maximum atomic E-state index is 13.9. The average molecular weight is 734 g/mol. The normalized spacial score (nSPS) is 20.0. The van der Waals surface area contributed by atoms with Gasteiger partial charge in [-0.25, -0.2) is 0 Å². The first-order chi connectivity index (χ1) is 25.4. The van der Waals surface area contributed by atoms with E-state index < -0.39 is 60.2 Å². The molecule has 1 aliphatic rings. The molecule has 4 rings (SSSR count). The zero-order valence-corrected chi connectivity index (χ0v) is 29.2. The Kier molecular flexibility index (Phi) is 14.3. The van der Waals surface area contributed by atoms with Crippen LogP contribution in [0.3, 0.4) is 0 Å². The number of guanidine groups is 2. The molecule has 0 saturated carbocycles. The van der Waals surface area contributed by atoms with Crippen LogP contribution < -0.4 is 49.5 Å². The molecular weight excluding hydrogens is 682 g/mol. The van der Waals surface area contributed by atoms with Gasteiger partial charge in [0.2, 0.25) is 29.5 Å². The number of phenolic OH excluding ortho intramolecular Hbond substituents is 1. The Morgan fingerprint density at radius 3 is 1.70 bits per heavy atom. The largest absolute Gasteiger partial charge is 0.508 e. The number of rotatable bonds is 12. The molecule has 3 aromatic rings. The van der Waals surface area contributed by atoms with Gasteiger partial charge in [0.05, 0.1) is 6.54 Å². The first kappa shape index (κ1) is 39.4. The van der Waals surface area contributed by atoms with E-state index >= 15 is 0 Å². The van der Waals surface area contributed by atoms with Crippen LogP contribution in [0.1, 0.15) is 39.7 Å². The highest BCUT2D eigenvalue weighted by Gasteiger charge is 2.32. The van der Waals surface area contributed by atoms with Gasteiger partial charge in [0.25, 0.3) is 0 Å². The maximum Gasteiger partial charge on any atom is 0.243 e. The topological polar surface area (TPSA) is 295 Å². The van der Waals surface area contributed by atoms with Crippen LogP contribution in [0.4, 0.5) is 0 Å². The van der Waals surface area contributed by atoms with Crippen LogP contribution in [-0.2, 0) is 36.8 Å². The minimum atomic E-state index is -1.19. The number of aromatic hydroxyl groups is 1. The third kappa shape index (κ3) is 12.7. The Hall–Kier alpha value is -6.39. The Bertz CT molecular complexity index is 1840. The number of nitrogens with zero attached hydrogens (tertiary/aromatic N) is 2. The van der Waals surface area contributed by atoms with Crippen molar-refractivity contribution in [2.45, 2.75) is 62.7 Å². The van der Waals surface area contributed by atoms with Crippen molar-refractivity contribution in [2.75, 3.05) is 19.6 Å². The minimum Gasteiger partial charge on any atom is -0.508 e. The van der Waals surface area contributed by atoms with E-state index in [-0.39, 0.29) is 72.1 Å². The van der Waals surface area contributed by atoms with Crippen molar-refractivity contribution in [3.63, 3.8) is 0 Å². The van der Waals surface area contributed by atoms with Gasteiger partial charge in [-0.05, 0) is 59.7 Å². The van der Waals surface area contributed by atoms with E-state index in [4.69, 9.17) is 22.9 Å². The molecule has 17 nitrogen and oxygen atoms in total. The summed E-state index contributed by atoms with van der Waals surface area (Å²) < 4.78 is 0. The minimum absolute atomic E-state index is 0. The lowest BCUT2D eigenvalue weighted by atomic mass is 10.0. The third-order valence-corrected chi connectivity index (χ3v) is 8.49. The summed E-state index contributed by atoms with van der Waals surface area (Å²) in [5.74, 6) is -3.66. The highest BCUT2D eigenvalue weighted by Crippen LogP contribution is 2.17. The molecule has 0 aliphatic carbocycles. The number of fused-ring (bicyclic) bond motifs is 1. The van der Waals surface area contributed by atoms with Crippen LogP contribution in [0.15, 0.2) is 76.7 Å². The molecule has 17 heteroatoms. The van der Waals surface area contributed by atoms with Crippen molar-refractivity contribution in [3.8, 4) is 5.75 Å². The lowest BCUT2D eigenvalue weighted by Gasteiger charge is -2.26. The van der Waals surface area contributed by atoms with Gasteiger partial charge >= 0.3 is 0 Å². The summed E-state index contributed by atoms with van der Waals surface area (Å²) in [6.45, 7) is -0.194. The predicted octanol–water partition coefficient (Wildman–Crippen LogP) is -1.00. The second-order valence-electron chi connectivity index (χ2n) is 12.7. The Morgan fingerprint density at radius 1 is 0.623 bits per heavy atom. The van der Waals surface area contributed by atoms with Gasteiger partial charge in [0, 0.05) is 28.8 Å². The van der Waals surface area contributed by atoms with Crippen molar-refractivity contribution >= 4 is 52.2 Å². The predicted molar refractivity (Wildman–Crippen MR) is 204 cm³/mol. The lowest BCUT2D eigenvalue weighted by molar-refractivity contribution is -0.134. The number of phenols is 1. The molecular formula is C36H51N11O6. The SMILES string of the molecule is NC(N)=NCCC[C@@H]1NC(=O)[C@H](CCCN=C(N)N)NC(=O)[C@@H](Cc2ccc(O)cc2)NC(=O)CNC(=O)[C@H](Cc2ccc3ccccc3c2)NC1=O.[HH].[HH]. The van der Waals surface area contributed by atoms with Gasteiger partial charge < -0.3 is 54.6 Å². The lowest BCUT2D eigenvalue weighted by Crippen LogP contribution is -2.58. The Morgan fingerprint density at radius 2 is 1.11 bits per heavy atom. The fourth-order valence-electron chi connectivity index (χ4n) is 5.79. The number of benzene rings is 3. The molecule has 3 aromatic carbocycles. The number of nitrogens with one attached hydrogen (secondary N) is 5. The quantitative estimate of drug-likeness (QED) is 0.0615. The van der Waals surface area contributed by atoms with E-state index in [1.165, 1.54) is 12.1 Å². The van der Waals surface area contributed by atoms with Crippen LogP contribution in [0.5, 0.6) is 5.75 Å². The number of amides is 5. The van der Waals surface area contributed by atoms with Crippen molar-refractivity contribution < 1.29 is 31.9 Å². The molecule has 0 aromatic heterocycles. The molecule has 0 spiro atoms. The van der Waals surface area contributed by atoms with Crippen LogP contribution in [0, 0.1) is 0 Å². The summed E-state index contributed by atoms with van der Waals surface area (Å²) in [6, 6.07) is 14.7. The molecule has 0 unspecified atom stereocenters. The first-order valence-electron chi connectivity index (χ1n) is 17.2. The van der Waals surface area contributed by atoms with E-state index in [9.17, 15) is 29.1 Å². The summed E-state index contributed by atoms with van der Waals surface area (Å²) in [7, 11) is 0. The Balaban J connectivity index is 0.00000523. The molecule has 0 radical (unpaired) electrons. The first-order valence-corrected chi connectivity index (χ1v) is 17.2. The number of carbonyl (C=O) groups is 5. The molecule has 0 bridgehead atoms. The summed E-state index contributed by atoms with van der Waals surface area (Å²) >= 11 is 0. The van der Waals surface area contributed by atoms with Crippen molar-refractivity contribution in [1.82, 2.24) is 26.6 Å². The standard InChI is InChI=1S/C36H47N11O6.2H2/c37-35(38)41-15-3-7-26-32(51)45-27(8-4-16-42-36(39)40)33(52)47-28(19-22-9-12-23-5-1-2-6-24(23)17-22)31(50)43-20-30(49)44-29(34(53)46-26)18-21-10-13-25(48)14-11-21;;/h1-2,5-6,9-14,17,26-29,48H,3-4,7-8,15-16,18-20H2,(H,43,50)(H,44,49)(H,45,51)(H,46,53)(H,47,52)(H4,37,38,41)(H4,39,40,42);2*1H/t26-,27-,28-,29+;;/m0../s1. The van der Waals surface area contributed by atoms with Gasteiger partial charge in [-0.1, -0.05) is 54.6 Å². The fourth-order valence-corrected chi connectivity index (χ4v) is 5.79. The molecule has 1 fully saturated rings. The van der Waals surface area contributed by atoms with E-state index in [2.05, 4.69) is 36.6 Å². The summed E-state index contributed by atoms with van der Waals surface area (Å²) in [6.07, 6.45) is 0.769. The smallest absolute Gasteiger partial charge is 0.243 e. The van der Waals surface area contributed by atoms with Gasteiger partial charge in [-0.15, -0.1) is 0 Å². The molecule has 1 aliphatic heterocycles. The molecule has 1 heterocycles.